The zero-order valence-corrected chi connectivity index (χ0v) is 15.4. The minimum Gasteiger partial charge on any atom is -0.376 e. The molecule has 0 spiro atoms. The third-order valence-electron chi connectivity index (χ3n) is 4.28. The molecule has 1 N–H and O–H groups in total. The molecule has 2 aromatic rings. The molecule has 6 heteroatoms. The van der Waals surface area contributed by atoms with Crippen LogP contribution in [-0.2, 0) is 11.3 Å². The van der Waals surface area contributed by atoms with Gasteiger partial charge in [0.05, 0.1) is 6.54 Å². The third kappa shape index (κ3) is 5.36. The largest absolute Gasteiger partial charge is 0.376 e. The number of hydrogen-bond acceptors (Lipinski definition) is 3. The molecule has 1 fully saturated rings. The second-order valence-corrected chi connectivity index (χ2v) is 7.03. The van der Waals surface area contributed by atoms with Gasteiger partial charge in [0.15, 0.2) is 0 Å². The van der Waals surface area contributed by atoms with Gasteiger partial charge in [-0.15, -0.1) is 0 Å². The van der Waals surface area contributed by atoms with Gasteiger partial charge in [-0.1, -0.05) is 53.5 Å². The lowest BCUT2D eigenvalue weighted by Gasteiger charge is -2.34. The molecule has 1 amide bonds. The van der Waals surface area contributed by atoms with Crippen LogP contribution in [0.2, 0.25) is 10.0 Å². The molecule has 0 atom stereocenters. The van der Waals surface area contributed by atoms with Crippen molar-refractivity contribution >= 4 is 34.8 Å². The average molecular weight is 378 g/mol. The summed E-state index contributed by atoms with van der Waals surface area (Å²) in [6, 6.07) is 15.6. The first kappa shape index (κ1) is 18.1. The van der Waals surface area contributed by atoms with Crippen LogP contribution < -0.4 is 5.32 Å². The number of nitrogens with zero attached hydrogens (tertiary/aromatic N) is 2. The van der Waals surface area contributed by atoms with Gasteiger partial charge in [0.2, 0.25) is 5.91 Å². The number of rotatable bonds is 5. The molecule has 1 saturated heterocycles. The van der Waals surface area contributed by atoms with Crippen LogP contribution in [0.1, 0.15) is 5.56 Å². The number of hydrogen-bond donors (Lipinski definition) is 1. The maximum absolute atomic E-state index is 12.4. The van der Waals surface area contributed by atoms with E-state index in [2.05, 4.69) is 34.5 Å². The Balaban J connectivity index is 1.45. The maximum atomic E-state index is 12.4. The summed E-state index contributed by atoms with van der Waals surface area (Å²) in [5.74, 6) is 0.0930. The molecular formula is C19H21Cl2N3O. The third-order valence-corrected chi connectivity index (χ3v) is 4.72. The number of piperazine rings is 1. The number of nitrogens with one attached hydrogen (secondary N) is 1. The fourth-order valence-electron chi connectivity index (χ4n) is 2.94. The van der Waals surface area contributed by atoms with Gasteiger partial charge < -0.3 is 10.2 Å². The molecule has 1 heterocycles. The Morgan fingerprint density at radius 3 is 2.24 bits per heavy atom. The molecule has 0 saturated carbocycles. The van der Waals surface area contributed by atoms with E-state index in [-0.39, 0.29) is 12.5 Å². The van der Waals surface area contributed by atoms with Crippen molar-refractivity contribution < 1.29 is 4.79 Å². The molecule has 0 aromatic heterocycles. The summed E-state index contributed by atoms with van der Waals surface area (Å²) >= 11 is 11.9. The molecule has 1 aliphatic heterocycles. The highest BCUT2D eigenvalue weighted by atomic mass is 35.5. The summed E-state index contributed by atoms with van der Waals surface area (Å²) in [5.41, 5.74) is 2.07. The molecule has 0 bridgehead atoms. The Morgan fingerprint density at radius 1 is 0.960 bits per heavy atom. The van der Waals surface area contributed by atoms with Crippen LogP contribution in [-0.4, -0.2) is 48.4 Å². The standard InChI is InChI=1S/C19H21Cl2N3O/c20-16-10-17(21)12-18(11-16)22-13-19(25)24-8-6-23(7-9-24)14-15-4-2-1-3-5-15/h1-5,10-12,22H,6-9,13-14H2. The van der Waals surface area contributed by atoms with Crippen molar-refractivity contribution in [2.24, 2.45) is 0 Å². The van der Waals surface area contributed by atoms with Crippen LogP contribution in [0.25, 0.3) is 0 Å². The van der Waals surface area contributed by atoms with E-state index in [1.54, 1.807) is 18.2 Å². The summed E-state index contributed by atoms with van der Waals surface area (Å²) in [6.45, 7) is 4.47. The van der Waals surface area contributed by atoms with Crippen LogP contribution >= 0.6 is 23.2 Å². The first-order valence-corrected chi connectivity index (χ1v) is 9.10. The average Bonchev–Trinajstić information content (AvgIpc) is 2.60. The van der Waals surface area contributed by atoms with Crippen molar-refractivity contribution in [1.29, 1.82) is 0 Å². The highest BCUT2D eigenvalue weighted by Crippen LogP contribution is 2.22. The van der Waals surface area contributed by atoms with Crippen molar-refractivity contribution in [2.75, 3.05) is 38.0 Å². The first-order valence-electron chi connectivity index (χ1n) is 8.34. The van der Waals surface area contributed by atoms with Crippen molar-refractivity contribution in [3.05, 3.63) is 64.1 Å². The fourth-order valence-corrected chi connectivity index (χ4v) is 3.47. The Morgan fingerprint density at radius 2 is 1.60 bits per heavy atom. The van der Waals surface area contributed by atoms with Crippen molar-refractivity contribution in [2.45, 2.75) is 6.54 Å². The zero-order chi connectivity index (χ0) is 17.6. The van der Waals surface area contributed by atoms with E-state index in [1.807, 2.05) is 11.0 Å². The lowest BCUT2D eigenvalue weighted by Crippen LogP contribution is -2.49. The van der Waals surface area contributed by atoms with E-state index in [0.717, 1.165) is 38.4 Å². The molecule has 2 aromatic carbocycles. The second-order valence-electron chi connectivity index (χ2n) is 6.15. The normalized spacial score (nSPS) is 15.2. The number of amides is 1. The second kappa shape index (κ2) is 8.56. The molecule has 1 aliphatic rings. The van der Waals surface area contributed by atoms with E-state index < -0.39 is 0 Å². The van der Waals surface area contributed by atoms with Crippen LogP contribution in [0, 0.1) is 0 Å². The van der Waals surface area contributed by atoms with Gasteiger partial charge in [-0.25, -0.2) is 0 Å². The van der Waals surface area contributed by atoms with Gasteiger partial charge in [-0.2, -0.15) is 0 Å². The van der Waals surface area contributed by atoms with E-state index >= 15 is 0 Å². The van der Waals surface area contributed by atoms with E-state index in [1.165, 1.54) is 5.56 Å². The number of carbonyl (C=O) groups excluding carboxylic acids is 1. The summed E-state index contributed by atoms with van der Waals surface area (Å²) in [6.07, 6.45) is 0. The topological polar surface area (TPSA) is 35.6 Å². The van der Waals surface area contributed by atoms with E-state index in [0.29, 0.717) is 10.0 Å². The lowest BCUT2D eigenvalue weighted by atomic mass is 10.2. The van der Waals surface area contributed by atoms with Crippen LogP contribution in [0.15, 0.2) is 48.5 Å². The number of halogens is 2. The fraction of sp³-hybridized carbons (Fsp3) is 0.316. The molecule has 0 radical (unpaired) electrons. The highest BCUT2D eigenvalue weighted by molar-refractivity contribution is 6.35. The van der Waals surface area contributed by atoms with Crippen LogP contribution in [0.5, 0.6) is 0 Å². The number of anilines is 1. The van der Waals surface area contributed by atoms with Crippen LogP contribution in [0.4, 0.5) is 5.69 Å². The van der Waals surface area contributed by atoms with E-state index in [4.69, 9.17) is 23.2 Å². The Labute approximate surface area is 158 Å². The van der Waals surface area contributed by atoms with Crippen molar-refractivity contribution in [3.63, 3.8) is 0 Å². The SMILES string of the molecule is O=C(CNc1cc(Cl)cc(Cl)c1)N1CCN(Cc2ccccc2)CC1. The maximum Gasteiger partial charge on any atom is 0.241 e. The summed E-state index contributed by atoms with van der Waals surface area (Å²) in [5, 5.41) is 4.21. The minimum absolute atomic E-state index is 0.0930. The molecule has 0 aliphatic carbocycles. The number of carbonyl (C=O) groups is 1. The highest BCUT2D eigenvalue weighted by Gasteiger charge is 2.20. The van der Waals surface area contributed by atoms with Gasteiger partial charge in [-0.05, 0) is 23.8 Å². The zero-order valence-electron chi connectivity index (χ0n) is 13.9. The Kier molecular flexibility index (Phi) is 6.19. The minimum atomic E-state index is 0.0930. The summed E-state index contributed by atoms with van der Waals surface area (Å²) in [7, 11) is 0. The van der Waals surface area contributed by atoms with Crippen LogP contribution in [0.3, 0.4) is 0 Å². The molecule has 3 rings (SSSR count). The smallest absolute Gasteiger partial charge is 0.241 e. The molecule has 132 valence electrons. The lowest BCUT2D eigenvalue weighted by molar-refractivity contribution is -0.131. The van der Waals surface area contributed by atoms with E-state index in [9.17, 15) is 4.79 Å². The Hall–Kier alpha value is -1.75. The predicted molar refractivity (Wildman–Crippen MR) is 103 cm³/mol. The Bertz CT molecular complexity index is 696. The van der Waals surface area contributed by atoms with Gasteiger partial charge in [0.1, 0.15) is 0 Å². The first-order chi connectivity index (χ1) is 12.1. The van der Waals surface area contributed by atoms with Gasteiger partial charge in [-0.3, -0.25) is 9.69 Å². The van der Waals surface area contributed by atoms with Gasteiger partial charge in [0.25, 0.3) is 0 Å². The van der Waals surface area contributed by atoms with Gasteiger partial charge >= 0.3 is 0 Å². The van der Waals surface area contributed by atoms with Gasteiger partial charge in [0, 0.05) is 48.5 Å². The molecule has 0 unspecified atom stereocenters. The predicted octanol–water partition coefficient (Wildman–Crippen LogP) is 3.75. The monoisotopic (exact) mass is 377 g/mol. The summed E-state index contributed by atoms with van der Waals surface area (Å²) < 4.78 is 0. The molecule has 25 heavy (non-hydrogen) atoms. The number of benzene rings is 2. The van der Waals surface area contributed by atoms with Crippen molar-refractivity contribution in [1.82, 2.24) is 9.80 Å². The van der Waals surface area contributed by atoms with Crippen molar-refractivity contribution in [3.8, 4) is 0 Å². The molecular weight excluding hydrogens is 357 g/mol. The summed E-state index contributed by atoms with van der Waals surface area (Å²) in [4.78, 5) is 16.7. The quantitative estimate of drug-likeness (QED) is 0.861. The molecule has 4 nitrogen and oxygen atoms in total.